The first kappa shape index (κ1) is 28.4. The fraction of sp³-hybridized carbons (Fsp3) is 0.300. The number of rotatable bonds is 7. The molecule has 0 spiro atoms. The zero-order valence-corrected chi connectivity index (χ0v) is 22.8. The van der Waals surface area contributed by atoms with E-state index in [1.807, 2.05) is 55.5 Å². The lowest BCUT2D eigenvalue weighted by Crippen LogP contribution is -2.50. The first-order valence-electron chi connectivity index (χ1n) is 13.2. The topological polar surface area (TPSA) is 123 Å². The second-order valence-corrected chi connectivity index (χ2v) is 9.96. The number of aliphatic hydroxyl groups is 1. The normalized spacial score (nSPS) is 17.4. The molecule has 3 atom stereocenters. The van der Waals surface area contributed by atoms with Crippen LogP contribution >= 0.6 is 0 Å². The first-order valence-corrected chi connectivity index (χ1v) is 13.2. The second kappa shape index (κ2) is 13.0. The van der Waals surface area contributed by atoms with Crippen LogP contribution in [0.4, 0.5) is 26.7 Å². The summed E-state index contributed by atoms with van der Waals surface area (Å²) in [6.45, 7) is 4.08. The van der Waals surface area contributed by atoms with Gasteiger partial charge >= 0.3 is 12.1 Å². The van der Waals surface area contributed by atoms with E-state index in [2.05, 4.69) is 16.0 Å². The highest BCUT2D eigenvalue weighted by Gasteiger charge is 2.34. The van der Waals surface area contributed by atoms with Crippen molar-refractivity contribution in [3.05, 3.63) is 84.4 Å². The van der Waals surface area contributed by atoms with Crippen molar-refractivity contribution in [2.45, 2.75) is 26.0 Å². The molecule has 4 rings (SSSR count). The highest BCUT2D eigenvalue weighted by atomic mass is 16.5. The predicted octanol–water partition coefficient (Wildman–Crippen LogP) is 4.71. The number of aliphatic hydroxyl groups excluding tert-OH is 1. The van der Waals surface area contributed by atoms with E-state index in [4.69, 9.17) is 4.74 Å². The molecular formula is C30H35N5O5. The van der Waals surface area contributed by atoms with Gasteiger partial charge in [0.2, 0.25) is 0 Å². The molecule has 3 aromatic carbocycles. The highest BCUT2D eigenvalue weighted by molar-refractivity contribution is 6.02. The largest absolute Gasteiger partial charge is 0.487 e. The lowest BCUT2D eigenvalue weighted by molar-refractivity contribution is 0.0371. The summed E-state index contributed by atoms with van der Waals surface area (Å²) in [4.78, 5) is 42.2. The summed E-state index contributed by atoms with van der Waals surface area (Å²) >= 11 is 0. The molecule has 0 bridgehead atoms. The molecule has 0 radical (unpaired) electrons. The maximum atomic E-state index is 13.6. The molecule has 40 heavy (non-hydrogen) atoms. The Bertz CT molecular complexity index is 1320. The Labute approximate surface area is 233 Å². The van der Waals surface area contributed by atoms with Crippen LogP contribution in [-0.4, -0.2) is 71.8 Å². The number of benzene rings is 3. The Morgan fingerprint density at radius 1 is 0.975 bits per heavy atom. The average Bonchev–Trinajstić information content (AvgIpc) is 2.95. The molecule has 0 fully saturated rings. The van der Waals surface area contributed by atoms with E-state index in [9.17, 15) is 19.5 Å². The van der Waals surface area contributed by atoms with E-state index in [1.54, 1.807) is 54.1 Å². The summed E-state index contributed by atoms with van der Waals surface area (Å²) < 4.78 is 6.35. The van der Waals surface area contributed by atoms with Gasteiger partial charge in [-0.2, -0.15) is 0 Å². The van der Waals surface area contributed by atoms with Gasteiger partial charge in [-0.15, -0.1) is 0 Å². The van der Waals surface area contributed by atoms with Crippen molar-refractivity contribution >= 4 is 35.0 Å². The maximum Gasteiger partial charge on any atom is 0.323 e. The third-order valence-corrected chi connectivity index (χ3v) is 6.78. The number of hydrogen-bond donors (Lipinski definition) is 4. The van der Waals surface area contributed by atoms with Gasteiger partial charge in [0.1, 0.15) is 11.9 Å². The van der Waals surface area contributed by atoms with Crippen LogP contribution in [0.2, 0.25) is 0 Å². The van der Waals surface area contributed by atoms with E-state index < -0.39 is 18.2 Å². The van der Waals surface area contributed by atoms with Crippen LogP contribution in [0, 0.1) is 5.92 Å². The van der Waals surface area contributed by atoms with Crippen LogP contribution in [0.15, 0.2) is 78.9 Å². The minimum absolute atomic E-state index is 0.160. The SMILES string of the molecule is C[C@@H]1CN([C@H](C)CO)C(=O)c2cc(NC(=O)Nc3ccccc3)ccc2O[C@@H]1CN(C)C(=O)Nc1ccccc1. The minimum Gasteiger partial charge on any atom is -0.487 e. The number of carbonyl (C=O) groups is 3. The van der Waals surface area contributed by atoms with Gasteiger partial charge in [0.05, 0.1) is 24.8 Å². The van der Waals surface area contributed by atoms with Gasteiger partial charge in [0.25, 0.3) is 5.91 Å². The smallest absolute Gasteiger partial charge is 0.323 e. The summed E-state index contributed by atoms with van der Waals surface area (Å²) in [5.41, 5.74) is 1.98. The van der Waals surface area contributed by atoms with E-state index in [0.717, 1.165) is 0 Å². The predicted molar refractivity (Wildman–Crippen MR) is 155 cm³/mol. The summed E-state index contributed by atoms with van der Waals surface area (Å²) in [5, 5.41) is 18.3. The standard InChI is InChI=1S/C30H35N5O5/c1-20-17-35(21(2)19-36)28(37)25-16-24(32-29(38)31-22-10-6-4-7-11-22)14-15-26(25)40-27(20)18-34(3)30(39)33-23-12-8-5-9-13-23/h4-16,20-21,27,36H,17-19H2,1-3H3,(H,33,39)(H2,31,32,38)/t20-,21-,27-/m1/s1. The lowest BCUT2D eigenvalue weighted by atomic mass is 9.99. The number of likely N-dealkylation sites (N-methyl/N-ethyl adjacent to an activating group) is 1. The van der Waals surface area contributed by atoms with Gasteiger partial charge < -0.3 is 35.6 Å². The zero-order chi connectivity index (χ0) is 28.6. The monoisotopic (exact) mass is 545 g/mol. The molecule has 0 saturated heterocycles. The molecule has 3 aromatic rings. The first-order chi connectivity index (χ1) is 19.2. The highest BCUT2D eigenvalue weighted by Crippen LogP contribution is 2.31. The Morgan fingerprint density at radius 2 is 1.57 bits per heavy atom. The summed E-state index contributed by atoms with van der Waals surface area (Å²) in [6.07, 6.45) is -0.452. The number of urea groups is 2. The van der Waals surface area contributed by atoms with Crippen LogP contribution in [0.5, 0.6) is 5.75 Å². The van der Waals surface area contributed by atoms with Crippen molar-refractivity contribution < 1.29 is 24.2 Å². The van der Waals surface area contributed by atoms with Crippen molar-refractivity contribution in [1.82, 2.24) is 9.80 Å². The molecule has 5 amide bonds. The fourth-order valence-corrected chi connectivity index (χ4v) is 4.43. The molecule has 0 aliphatic carbocycles. The molecule has 210 valence electrons. The molecule has 0 aromatic heterocycles. The molecule has 1 aliphatic rings. The van der Waals surface area contributed by atoms with Crippen molar-refractivity contribution in [3.63, 3.8) is 0 Å². The number of anilines is 3. The van der Waals surface area contributed by atoms with E-state index in [0.29, 0.717) is 29.4 Å². The Hall–Kier alpha value is -4.57. The van der Waals surface area contributed by atoms with Crippen molar-refractivity contribution in [3.8, 4) is 5.75 Å². The second-order valence-electron chi connectivity index (χ2n) is 9.96. The van der Waals surface area contributed by atoms with Crippen molar-refractivity contribution in [2.24, 2.45) is 5.92 Å². The van der Waals surface area contributed by atoms with Crippen LogP contribution in [0.25, 0.3) is 0 Å². The number of carbonyl (C=O) groups excluding carboxylic acids is 3. The Balaban J connectivity index is 1.55. The number of nitrogens with zero attached hydrogens (tertiary/aromatic N) is 2. The average molecular weight is 546 g/mol. The van der Waals surface area contributed by atoms with Gasteiger partial charge in [-0.25, -0.2) is 9.59 Å². The maximum absolute atomic E-state index is 13.6. The van der Waals surface area contributed by atoms with Gasteiger partial charge in [0.15, 0.2) is 0 Å². The molecule has 10 heteroatoms. The number of amides is 5. The summed E-state index contributed by atoms with van der Waals surface area (Å²) in [7, 11) is 1.69. The zero-order valence-electron chi connectivity index (χ0n) is 22.8. The minimum atomic E-state index is -0.455. The van der Waals surface area contributed by atoms with Crippen molar-refractivity contribution in [1.29, 1.82) is 0 Å². The molecule has 4 N–H and O–H groups in total. The van der Waals surface area contributed by atoms with E-state index in [1.165, 1.54) is 0 Å². The third-order valence-electron chi connectivity index (χ3n) is 6.78. The number of hydrogen-bond acceptors (Lipinski definition) is 5. The quantitative estimate of drug-likeness (QED) is 0.342. The van der Waals surface area contributed by atoms with Gasteiger partial charge in [-0.05, 0) is 49.4 Å². The molecule has 1 aliphatic heterocycles. The van der Waals surface area contributed by atoms with E-state index in [-0.39, 0.29) is 36.6 Å². The van der Waals surface area contributed by atoms with Crippen LogP contribution < -0.4 is 20.7 Å². The lowest BCUT2D eigenvalue weighted by Gasteiger charge is -2.38. The van der Waals surface area contributed by atoms with Gasteiger partial charge in [-0.3, -0.25) is 4.79 Å². The number of para-hydroxylation sites is 2. The Morgan fingerprint density at radius 3 is 2.20 bits per heavy atom. The van der Waals surface area contributed by atoms with Gasteiger partial charge in [0, 0.05) is 36.6 Å². The third kappa shape index (κ3) is 7.09. The number of nitrogens with one attached hydrogen (secondary N) is 3. The molecule has 1 heterocycles. The molecule has 10 nitrogen and oxygen atoms in total. The summed E-state index contributed by atoms with van der Waals surface area (Å²) in [5.74, 6) is -0.140. The number of fused-ring (bicyclic) bond motifs is 1. The summed E-state index contributed by atoms with van der Waals surface area (Å²) in [6, 6.07) is 21.9. The molecule has 0 saturated carbocycles. The Kier molecular flexibility index (Phi) is 9.23. The van der Waals surface area contributed by atoms with Crippen molar-refractivity contribution in [2.75, 3.05) is 42.7 Å². The van der Waals surface area contributed by atoms with E-state index >= 15 is 0 Å². The van der Waals surface area contributed by atoms with Crippen LogP contribution in [-0.2, 0) is 0 Å². The fourth-order valence-electron chi connectivity index (χ4n) is 4.43. The number of ether oxygens (including phenoxy) is 1. The molecular weight excluding hydrogens is 510 g/mol. The van der Waals surface area contributed by atoms with Crippen LogP contribution in [0.1, 0.15) is 24.2 Å². The molecule has 0 unspecified atom stereocenters. The van der Waals surface area contributed by atoms with Gasteiger partial charge in [-0.1, -0.05) is 43.3 Å². The van der Waals surface area contributed by atoms with Crippen LogP contribution in [0.3, 0.4) is 0 Å².